The molecule has 0 bridgehead atoms. The van der Waals surface area contributed by atoms with Gasteiger partial charge in [-0.15, -0.1) is 0 Å². The Morgan fingerprint density at radius 3 is 2.50 bits per heavy atom. The Kier molecular flexibility index (Phi) is 6.41. The Hall–Kier alpha value is -2.36. The van der Waals surface area contributed by atoms with Gasteiger partial charge in [-0.1, -0.05) is 12.1 Å². The van der Waals surface area contributed by atoms with E-state index in [1.165, 1.54) is 18.4 Å². The summed E-state index contributed by atoms with van der Waals surface area (Å²) in [7, 11) is -3.70. The molecule has 26 heavy (non-hydrogen) atoms. The van der Waals surface area contributed by atoms with E-state index in [0.29, 0.717) is 24.8 Å². The largest absolute Gasteiger partial charge is 0.466 e. The molecule has 2 rings (SSSR count). The van der Waals surface area contributed by atoms with Crippen LogP contribution in [0, 0.1) is 0 Å². The monoisotopic (exact) mass is 380 g/mol. The third-order valence-electron chi connectivity index (χ3n) is 3.67. The molecule has 1 unspecified atom stereocenters. The second-order valence-electron chi connectivity index (χ2n) is 5.99. The number of nitrogens with one attached hydrogen (secondary N) is 2. The zero-order valence-corrected chi connectivity index (χ0v) is 15.6. The summed E-state index contributed by atoms with van der Waals surface area (Å²) in [5, 5.41) is 21.7. The van der Waals surface area contributed by atoms with Gasteiger partial charge < -0.3 is 20.2 Å². The molecule has 0 saturated carbocycles. The number of sulfonamides is 1. The first-order valence-electron chi connectivity index (χ1n) is 8.12. The lowest BCUT2D eigenvalue weighted by molar-refractivity contribution is 0.0386. The second kappa shape index (κ2) is 8.35. The van der Waals surface area contributed by atoms with Gasteiger partial charge in [-0.3, -0.25) is 0 Å². The molecule has 0 radical (unpaired) electrons. The minimum Gasteiger partial charge on any atom is -0.466 e. The van der Waals surface area contributed by atoms with Gasteiger partial charge in [0.2, 0.25) is 10.0 Å². The summed E-state index contributed by atoms with van der Waals surface area (Å²) in [5.74, 6) is 0.981. The minimum atomic E-state index is -3.70. The second-order valence-corrected chi connectivity index (χ2v) is 7.55. The molecule has 0 spiro atoms. The molecule has 1 atom stereocenters. The van der Waals surface area contributed by atoms with Crippen LogP contribution in [0.15, 0.2) is 57.0 Å². The van der Waals surface area contributed by atoms with E-state index in [1.807, 2.05) is 6.92 Å². The maximum atomic E-state index is 11.3. The van der Waals surface area contributed by atoms with Crippen LogP contribution in [0.1, 0.15) is 25.2 Å². The van der Waals surface area contributed by atoms with Crippen LogP contribution in [0.3, 0.4) is 0 Å². The molecule has 1 aromatic heterocycles. The van der Waals surface area contributed by atoms with Crippen molar-refractivity contribution in [3.8, 4) is 0 Å². The van der Waals surface area contributed by atoms with Gasteiger partial charge in [-0.05, 0) is 43.7 Å². The fourth-order valence-electron chi connectivity index (χ4n) is 2.22. The fraction of sp³-hybridized carbons (Fsp3) is 0.353. The molecule has 0 amide bonds. The lowest BCUT2D eigenvalue weighted by Crippen LogP contribution is -2.44. The number of furan rings is 1. The van der Waals surface area contributed by atoms with Gasteiger partial charge in [0.25, 0.3) is 0 Å². The number of benzene rings is 1. The molecule has 0 fully saturated rings. The summed E-state index contributed by atoms with van der Waals surface area (Å²) in [6, 6.07) is 9.63. The molecule has 1 heterocycles. The first-order chi connectivity index (χ1) is 12.2. The SMILES string of the molecule is CCNC(=NCc1ccc(S(N)(=O)=O)cc1)NCC(C)(O)c1ccco1. The van der Waals surface area contributed by atoms with Crippen molar-refractivity contribution in [2.24, 2.45) is 10.1 Å². The van der Waals surface area contributed by atoms with Crippen LogP contribution in [0.25, 0.3) is 0 Å². The van der Waals surface area contributed by atoms with Crippen molar-refractivity contribution in [1.82, 2.24) is 10.6 Å². The normalized spacial score (nSPS) is 14.7. The molecular formula is C17H24N4O4S. The van der Waals surface area contributed by atoms with Crippen LogP contribution < -0.4 is 15.8 Å². The topological polar surface area (TPSA) is 130 Å². The fourth-order valence-corrected chi connectivity index (χ4v) is 2.74. The number of guanidine groups is 1. The van der Waals surface area contributed by atoms with Crippen molar-refractivity contribution in [3.05, 3.63) is 54.0 Å². The minimum absolute atomic E-state index is 0.0600. The molecule has 0 aliphatic carbocycles. The molecular weight excluding hydrogens is 356 g/mol. The smallest absolute Gasteiger partial charge is 0.238 e. The summed E-state index contributed by atoms with van der Waals surface area (Å²) >= 11 is 0. The number of hydrogen-bond donors (Lipinski definition) is 4. The average molecular weight is 380 g/mol. The van der Waals surface area contributed by atoms with Crippen molar-refractivity contribution in [2.45, 2.75) is 30.9 Å². The van der Waals surface area contributed by atoms with E-state index in [-0.39, 0.29) is 11.4 Å². The quantitative estimate of drug-likeness (QED) is 0.417. The summed E-state index contributed by atoms with van der Waals surface area (Å²) < 4.78 is 27.8. The van der Waals surface area contributed by atoms with Gasteiger partial charge in [0.15, 0.2) is 5.96 Å². The van der Waals surface area contributed by atoms with Gasteiger partial charge in [-0.2, -0.15) is 0 Å². The number of primary sulfonamides is 1. The molecule has 5 N–H and O–H groups in total. The number of nitrogens with zero attached hydrogens (tertiary/aromatic N) is 1. The van der Waals surface area contributed by atoms with Crippen molar-refractivity contribution in [2.75, 3.05) is 13.1 Å². The van der Waals surface area contributed by atoms with Crippen LogP contribution in [-0.2, 0) is 22.2 Å². The van der Waals surface area contributed by atoms with Gasteiger partial charge in [0, 0.05) is 6.54 Å². The highest BCUT2D eigenvalue weighted by Crippen LogP contribution is 2.19. The molecule has 9 heteroatoms. The lowest BCUT2D eigenvalue weighted by Gasteiger charge is -2.22. The predicted octanol–water partition coefficient (Wildman–Crippen LogP) is 0.890. The molecule has 2 aromatic rings. The molecule has 0 saturated heterocycles. The molecule has 8 nitrogen and oxygen atoms in total. The number of nitrogens with two attached hydrogens (primary N) is 1. The molecule has 1 aromatic carbocycles. The third kappa shape index (κ3) is 5.58. The Balaban J connectivity index is 2.02. The number of hydrogen-bond acceptors (Lipinski definition) is 5. The molecule has 0 aliphatic rings. The number of aliphatic hydroxyl groups is 1. The van der Waals surface area contributed by atoms with Crippen molar-refractivity contribution in [3.63, 3.8) is 0 Å². The standard InChI is InChI=1S/C17H24N4O4S/c1-3-19-16(21-12-17(2,22)15-5-4-10-25-15)20-11-13-6-8-14(9-7-13)26(18,23)24/h4-10,22H,3,11-12H2,1-2H3,(H2,18,23,24)(H2,19,20,21). The summed E-state index contributed by atoms with van der Waals surface area (Å²) in [4.78, 5) is 4.49. The maximum Gasteiger partial charge on any atom is 0.238 e. The first kappa shape index (κ1) is 20.0. The van der Waals surface area contributed by atoms with E-state index >= 15 is 0 Å². The first-order valence-corrected chi connectivity index (χ1v) is 9.67. The van der Waals surface area contributed by atoms with Crippen molar-refractivity contribution < 1.29 is 17.9 Å². The Bertz CT molecular complexity index is 828. The van der Waals surface area contributed by atoms with E-state index in [4.69, 9.17) is 9.56 Å². The van der Waals surface area contributed by atoms with Crippen molar-refractivity contribution >= 4 is 16.0 Å². The Labute approximate surface area is 153 Å². The predicted molar refractivity (Wildman–Crippen MR) is 98.9 cm³/mol. The number of rotatable bonds is 7. The van der Waals surface area contributed by atoms with Gasteiger partial charge in [0.1, 0.15) is 11.4 Å². The maximum absolute atomic E-state index is 11.3. The van der Waals surface area contributed by atoms with Crippen LogP contribution in [0.2, 0.25) is 0 Å². The van der Waals surface area contributed by atoms with E-state index < -0.39 is 15.6 Å². The highest BCUT2D eigenvalue weighted by Gasteiger charge is 2.26. The van der Waals surface area contributed by atoms with Crippen LogP contribution in [-0.4, -0.2) is 32.6 Å². The summed E-state index contributed by atoms with van der Waals surface area (Å²) in [6.45, 7) is 4.77. The van der Waals surface area contributed by atoms with E-state index in [9.17, 15) is 13.5 Å². The Morgan fingerprint density at radius 1 is 1.27 bits per heavy atom. The summed E-state index contributed by atoms with van der Waals surface area (Å²) in [5.41, 5.74) is -0.357. The molecule has 0 aliphatic heterocycles. The summed E-state index contributed by atoms with van der Waals surface area (Å²) in [6.07, 6.45) is 1.51. The van der Waals surface area contributed by atoms with E-state index in [2.05, 4.69) is 15.6 Å². The zero-order chi connectivity index (χ0) is 19.2. The highest BCUT2D eigenvalue weighted by atomic mass is 32.2. The van der Waals surface area contributed by atoms with Crippen LogP contribution in [0.4, 0.5) is 0 Å². The zero-order valence-electron chi connectivity index (χ0n) is 14.8. The third-order valence-corrected chi connectivity index (χ3v) is 4.60. The van der Waals surface area contributed by atoms with Crippen LogP contribution in [0.5, 0.6) is 0 Å². The van der Waals surface area contributed by atoms with Gasteiger partial charge >= 0.3 is 0 Å². The van der Waals surface area contributed by atoms with Crippen LogP contribution >= 0.6 is 0 Å². The highest BCUT2D eigenvalue weighted by molar-refractivity contribution is 7.89. The molecule has 142 valence electrons. The number of aliphatic imine (C=N–C) groups is 1. The van der Waals surface area contributed by atoms with E-state index in [0.717, 1.165) is 5.56 Å². The van der Waals surface area contributed by atoms with Crippen molar-refractivity contribution in [1.29, 1.82) is 0 Å². The Morgan fingerprint density at radius 2 is 1.96 bits per heavy atom. The lowest BCUT2D eigenvalue weighted by atomic mass is 10.0. The average Bonchev–Trinajstić information content (AvgIpc) is 3.12. The van der Waals surface area contributed by atoms with Gasteiger partial charge in [-0.25, -0.2) is 18.5 Å². The van der Waals surface area contributed by atoms with E-state index in [1.54, 1.807) is 31.2 Å². The van der Waals surface area contributed by atoms with Gasteiger partial charge in [0.05, 0.1) is 24.2 Å².